The van der Waals surface area contributed by atoms with Gasteiger partial charge in [-0.05, 0) is 50.0 Å². The second-order valence-electron chi connectivity index (χ2n) is 4.28. The summed E-state index contributed by atoms with van der Waals surface area (Å²) in [6, 6.07) is 0. The molecule has 4 nitrogen and oxygen atoms in total. The SMILES string of the molecule is Clc1ncc(CNCC2CCNCC2)c(Cl)n1. The number of hydrogen-bond acceptors (Lipinski definition) is 4. The molecule has 1 saturated heterocycles. The molecule has 1 aliphatic rings. The third-order valence-corrected chi connectivity index (χ3v) is 3.50. The van der Waals surface area contributed by atoms with Crippen LogP contribution in [0, 0.1) is 5.92 Å². The van der Waals surface area contributed by atoms with Gasteiger partial charge in [-0.1, -0.05) is 11.6 Å². The van der Waals surface area contributed by atoms with E-state index in [4.69, 9.17) is 23.2 Å². The normalized spacial score (nSPS) is 17.3. The van der Waals surface area contributed by atoms with E-state index in [0.717, 1.165) is 31.1 Å². The van der Waals surface area contributed by atoms with E-state index in [-0.39, 0.29) is 5.28 Å². The standard InChI is InChI=1S/C11H16Cl2N4/c12-10-9(7-16-11(13)17-10)6-15-5-8-1-3-14-4-2-8/h7-8,14-15H,1-6H2. The minimum atomic E-state index is 0.192. The highest BCUT2D eigenvalue weighted by atomic mass is 35.5. The van der Waals surface area contributed by atoms with Crippen molar-refractivity contribution in [3.8, 4) is 0 Å². The molecule has 17 heavy (non-hydrogen) atoms. The van der Waals surface area contributed by atoms with Crippen LogP contribution in [0.3, 0.4) is 0 Å². The van der Waals surface area contributed by atoms with Crippen molar-refractivity contribution in [1.82, 2.24) is 20.6 Å². The van der Waals surface area contributed by atoms with Crippen molar-refractivity contribution in [2.75, 3.05) is 19.6 Å². The van der Waals surface area contributed by atoms with E-state index in [9.17, 15) is 0 Å². The van der Waals surface area contributed by atoms with Crippen molar-refractivity contribution in [2.45, 2.75) is 19.4 Å². The van der Waals surface area contributed by atoms with Crippen molar-refractivity contribution in [1.29, 1.82) is 0 Å². The Morgan fingerprint density at radius 1 is 1.35 bits per heavy atom. The number of halogens is 2. The lowest BCUT2D eigenvalue weighted by molar-refractivity contribution is 0.356. The molecule has 0 bridgehead atoms. The van der Waals surface area contributed by atoms with Crippen molar-refractivity contribution in [3.63, 3.8) is 0 Å². The molecule has 1 aromatic rings. The summed E-state index contributed by atoms with van der Waals surface area (Å²) in [6.45, 7) is 3.95. The molecule has 2 N–H and O–H groups in total. The van der Waals surface area contributed by atoms with E-state index < -0.39 is 0 Å². The Hall–Kier alpha value is -0.420. The number of nitrogens with zero attached hydrogens (tertiary/aromatic N) is 2. The summed E-state index contributed by atoms with van der Waals surface area (Å²) in [5, 5.41) is 7.38. The van der Waals surface area contributed by atoms with Gasteiger partial charge in [0.15, 0.2) is 0 Å². The van der Waals surface area contributed by atoms with Crippen LogP contribution in [0.1, 0.15) is 18.4 Å². The van der Waals surface area contributed by atoms with Gasteiger partial charge in [0, 0.05) is 18.3 Å². The number of piperidine rings is 1. The van der Waals surface area contributed by atoms with E-state index in [1.165, 1.54) is 12.8 Å². The molecule has 0 amide bonds. The van der Waals surface area contributed by atoms with Crippen LogP contribution >= 0.6 is 23.2 Å². The largest absolute Gasteiger partial charge is 0.317 e. The molecule has 6 heteroatoms. The van der Waals surface area contributed by atoms with Gasteiger partial charge < -0.3 is 10.6 Å². The first kappa shape index (κ1) is 13.0. The van der Waals surface area contributed by atoms with Gasteiger partial charge in [-0.15, -0.1) is 0 Å². The van der Waals surface area contributed by atoms with Gasteiger partial charge in [0.25, 0.3) is 0 Å². The number of nitrogens with one attached hydrogen (secondary N) is 2. The maximum atomic E-state index is 5.97. The summed E-state index contributed by atoms with van der Waals surface area (Å²) >= 11 is 11.6. The van der Waals surface area contributed by atoms with E-state index in [1.807, 2.05) is 0 Å². The van der Waals surface area contributed by atoms with Gasteiger partial charge in [0.2, 0.25) is 5.28 Å². The maximum absolute atomic E-state index is 5.97. The molecule has 0 saturated carbocycles. The van der Waals surface area contributed by atoms with Crippen LogP contribution in [-0.4, -0.2) is 29.6 Å². The lowest BCUT2D eigenvalue weighted by Crippen LogP contribution is -2.33. The summed E-state index contributed by atoms with van der Waals surface area (Å²) in [5.41, 5.74) is 0.894. The van der Waals surface area contributed by atoms with E-state index >= 15 is 0 Å². The molecule has 1 fully saturated rings. The molecule has 0 spiro atoms. The summed E-state index contributed by atoms with van der Waals surface area (Å²) in [6.07, 6.45) is 4.14. The molecule has 94 valence electrons. The molecule has 2 rings (SSSR count). The molecule has 0 radical (unpaired) electrons. The first-order valence-corrected chi connectivity index (χ1v) is 6.59. The van der Waals surface area contributed by atoms with Crippen LogP contribution in [0.15, 0.2) is 6.20 Å². The van der Waals surface area contributed by atoms with Crippen molar-refractivity contribution >= 4 is 23.2 Å². The van der Waals surface area contributed by atoms with E-state index in [2.05, 4.69) is 20.6 Å². The smallest absolute Gasteiger partial charge is 0.223 e. The van der Waals surface area contributed by atoms with Gasteiger partial charge in [-0.2, -0.15) is 0 Å². The molecular weight excluding hydrogens is 259 g/mol. The number of hydrogen-bond donors (Lipinski definition) is 2. The van der Waals surface area contributed by atoms with Crippen LogP contribution in [0.25, 0.3) is 0 Å². The molecule has 0 unspecified atom stereocenters. The monoisotopic (exact) mass is 274 g/mol. The summed E-state index contributed by atoms with van der Waals surface area (Å²) in [7, 11) is 0. The predicted octanol–water partition coefficient (Wildman–Crippen LogP) is 1.87. The third-order valence-electron chi connectivity index (χ3n) is 2.99. The van der Waals surface area contributed by atoms with Gasteiger partial charge in [-0.3, -0.25) is 0 Å². The average Bonchev–Trinajstić information content (AvgIpc) is 2.33. The van der Waals surface area contributed by atoms with Gasteiger partial charge >= 0.3 is 0 Å². The Morgan fingerprint density at radius 2 is 2.12 bits per heavy atom. The highest BCUT2D eigenvalue weighted by molar-refractivity contribution is 6.32. The first-order chi connectivity index (χ1) is 8.25. The predicted molar refractivity (Wildman–Crippen MR) is 69.4 cm³/mol. The lowest BCUT2D eigenvalue weighted by atomic mass is 9.98. The van der Waals surface area contributed by atoms with E-state index in [0.29, 0.717) is 11.7 Å². The lowest BCUT2D eigenvalue weighted by Gasteiger charge is -2.22. The van der Waals surface area contributed by atoms with Gasteiger partial charge in [0.1, 0.15) is 5.15 Å². The summed E-state index contributed by atoms with van der Waals surface area (Å²) in [5.74, 6) is 0.753. The summed E-state index contributed by atoms with van der Waals surface area (Å²) in [4.78, 5) is 7.83. The molecular formula is C11H16Cl2N4. The Kier molecular flexibility index (Phi) is 4.98. The van der Waals surface area contributed by atoms with Crippen molar-refractivity contribution in [2.24, 2.45) is 5.92 Å². The van der Waals surface area contributed by atoms with Crippen LogP contribution in [-0.2, 0) is 6.54 Å². The van der Waals surface area contributed by atoms with Crippen LogP contribution in [0.4, 0.5) is 0 Å². The van der Waals surface area contributed by atoms with Gasteiger partial charge in [-0.25, -0.2) is 9.97 Å². The fraction of sp³-hybridized carbons (Fsp3) is 0.636. The minimum absolute atomic E-state index is 0.192. The molecule has 0 aromatic carbocycles. The third kappa shape index (κ3) is 4.07. The minimum Gasteiger partial charge on any atom is -0.317 e. The molecule has 0 atom stereocenters. The average molecular weight is 275 g/mol. The molecule has 1 aliphatic heterocycles. The van der Waals surface area contributed by atoms with Crippen molar-refractivity contribution < 1.29 is 0 Å². The first-order valence-electron chi connectivity index (χ1n) is 5.84. The zero-order valence-electron chi connectivity index (χ0n) is 9.55. The highest BCUT2D eigenvalue weighted by Crippen LogP contribution is 2.14. The number of aromatic nitrogens is 2. The fourth-order valence-corrected chi connectivity index (χ4v) is 2.35. The Labute approximate surface area is 111 Å². The molecule has 0 aliphatic carbocycles. The maximum Gasteiger partial charge on any atom is 0.223 e. The number of rotatable bonds is 4. The highest BCUT2D eigenvalue weighted by Gasteiger charge is 2.12. The van der Waals surface area contributed by atoms with E-state index in [1.54, 1.807) is 6.20 Å². The Balaban J connectivity index is 1.77. The Morgan fingerprint density at radius 3 is 2.82 bits per heavy atom. The van der Waals surface area contributed by atoms with Crippen LogP contribution in [0.5, 0.6) is 0 Å². The topological polar surface area (TPSA) is 49.8 Å². The van der Waals surface area contributed by atoms with Gasteiger partial charge in [0.05, 0.1) is 0 Å². The van der Waals surface area contributed by atoms with Crippen molar-refractivity contribution in [3.05, 3.63) is 22.2 Å². The second-order valence-corrected chi connectivity index (χ2v) is 4.98. The zero-order chi connectivity index (χ0) is 12.1. The fourth-order valence-electron chi connectivity index (χ4n) is 1.98. The Bertz CT molecular complexity index is 366. The summed E-state index contributed by atoms with van der Waals surface area (Å²) < 4.78 is 0. The molecule has 2 heterocycles. The van der Waals surface area contributed by atoms with Crippen LogP contribution in [0.2, 0.25) is 10.4 Å². The second kappa shape index (κ2) is 6.50. The van der Waals surface area contributed by atoms with Crippen LogP contribution < -0.4 is 10.6 Å². The quantitative estimate of drug-likeness (QED) is 0.650. The molecule has 1 aromatic heterocycles. The zero-order valence-corrected chi connectivity index (χ0v) is 11.1.